The number of anilines is 1. The van der Waals surface area contributed by atoms with Crippen LogP contribution in [-0.2, 0) is 0 Å². The molecule has 1 aromatic rings. The van der Waals surface area contributed by atoms with E-state index in [4.69, 9.17) is 0 Å². The third-order valence-electron chi connectivity index (χ3n) is 3.33. The second kappa shape index (κ2) is 5.32. The fourth-order valence-electron chi connectivity index (χ4n) is 2.17. The Morgan fingerprint density at radius 1 is 1.21 bits per heavy atom. The maximum atomic E-state index is 11.7. The summed E-state index contributed by atoms with van der Waals surface area (Å²) in [6, 6.07) is 0.518. The molecule has 1 saturated carbocycles. The highest BCUT2D eigenvalue weighted by atomic mass is 79.9. The van der Waals surface area contributed by atoms with Crippen molar-refractivity contribution in [2.24, 2.45) is 0 Å². The molecule has 1 aromatic heterocycles. The number of nitrogens with one attached hydrogen (secondary N) is 2. The SMILES string of the molecule is O=C(NC1CC1)NC1CCN(c2ncc(Br)cn2)C1. The zero-order chi connectivity index (χ0) is 13.2. The first-order chi connectivity index (χ1) is 9.20. The number of urea groups is 1. The minimum Gasteiger partial charge on any atom is -0.339 e. The number of halogens is 1. The maximum Gasteiger partial charge on any atom is 0.315 e. The number of rotatable bonds is 3. The molecule has 1 unspecified atom stereocenters. The van der Waals surface area contributed by atoms with Gasteiger partial charge < -0.3 is 15.5 Å². The van der Waals surface area contributed by atoms with E-state index >= 15 is 0 Å². The Hall–Kier alpha value is -1.37. The van der Waals surface area contributed by atoms with Crippen LogP contribution in [0.3, 0.4) is 0 Å². The van der Waals surface area contributed by atoms with E-state index in [1.54, 1.807) is 12.4 Å². The van der Waals surface area contributed by atoms with Crippen molar-refractivity contribution in [1.29, 1.82) is 0 Å². The molecular formula is C12H16BrN5O. The van der Waals surface area contributed by atoms with Gasteiger partial charge in [-0.2, -0.15) is 0 Å². The van der Waals surface area contributed by atoms with Crippen molar-refractivity contribution in [3.63, 3.8) is 0 Å². The van der Waals surface area contributed by atoms with Gasteiger partial charge in [0.05, 0.1) is 4.47 Å². The van der Waals surface area contributed by atoms with Crippen molar-refractivity contribution in [2.75, 3.05) is 18.0 Å². The minimum atomic E-state index is -0.0499. The molecule has 0 aromatic carbocycles. The summed E-state index contributed by atoms with van der Waals surface area (Å²) in [5.74, 6) is 0.718. The Bertz CT molecular complexity index is 462. The highest BCUT2D eigenvalue weighted by Gasteiger charge is 2.28. The van der Waals surface area contributed by atoms with Crippen molar-refractivity contribution in [1.82, 2.24) is 20.6 Å². The van der Waals surface area contributed by atoms with Crippen LogP contribution in [0, 0.1) is 0 Å². The molecule has 2 fully saturated rings. The first-order valence-electron chi connectivity index (χ1n) is 6.50. The summed E-state index contributed by atoms with van der Waals surface area (Å²) in [4.78, 5) is 22.3. The van der Waals surface area contributed by atoms with Crippen LogP contribution in [0.5, 0.6) is 0 Å². The van der Waals surface area contributed by atoms with Gasteiger partial charge in [-0.15, -0.1) is 0 Å². The quantitative estimate of drug-likeness (QED) is 0.878. The molecule has 1 atom stereocenters. The molecule has 0 radical (unpaired) electrons. The van der Waals surface area contributed by atoms with E-state index in [-0.39, 0.29) is 12.1 Å². The normalized spacial score (nSPS) is 22.4. The van der Waals surface area contributed by atoms with Crippen LogP contribution < -0.4 is 15.5 Å². The summed E-state index contributed by atoms with van der Waals surface area (Å²) in [7, 11) is 0. The van der Waals surface area contributed by atoms with Crippen LogP contribution in [0.1, 0.15) is 19.3 Å². The summed E-state index contributed by atoms with van der Waals surface area (Å²) < 4.78 is 0.869. The molecule has 7 heteroatoms. The molecule has 0 spiro atoms. The van der Waals surface area contributed by atoms with Crippen molar-refractivity contribution in [3.8, 4) is 0 Å². The number of hydrogen-bond donors (Lipinski definition) is 2. The summed E-state index contributed by atoms with van der Waals surface area (Å²) in [5.41, 5.74) is 0. The Morgan fingerprint density at radius 3 is 2.58 bits per heavy atom. The van der Waals surface area contributed by atoms with Crippen LogP contribution in [0.2, 0.25) is 0 Å². The van der Waals surface area contributed by atoms with Crippen molar-refractivity contribution in [3.05, 3.63) is 16.9 Å². The van der Waals surface area contributed by atoms with Gasteiger partial charge in [0.15, 0.2) is 0 Å². The molecule has 1 saturated heterocycles. The highest BCUT2D eigenvalue weighted by molar-refractivity contribution is 9.10. The fourth-order valence-corrected chi connectivity index (χ4v) is 2.37. The summed E-state index contributed by atoms with van der Waals surface area (Å²) in [5, 5.41) is 5.94. The molecule has 1 aliphatic carbocycles. The topological polar surface area (TPSA) is 70.2 Å². The first kappa shape index (κ1) is 12.7. The van der Waals surface area contributed by atoms with Gasteiger partial charge in [0.1, 0.15) is 0 Å². The van der Waals surface area contributed by atoms with Crippen LogP contribution >= 0.6 is 15.9 Å². The average molecular weight is 326 g/mol. The number of nitrogens with zero attached hydrogens (tertiary/aromatic N) is 3. The van der Waals surface area contributed by atoms with E-state index in [1.807, 2.05) is 0 Å². The lowest BCUT2D eigenvalue weighted by Gasteiger charge is -2.16. The summed E-state index contributed by atoms with van der Waals surface area (Å²) >= 11 is 3.32. The van der Waals surface area contributed by atoms with Crippen molar-refractivity contribution in [2.45, 2.75) is 31.3 Å². The van der Waals surface area contributed by atoms with Gasteiger partial charge in [0.2, 0.25) is 5.95 Å². The Kier molecular flexibility index (Phi) is 3.54. The Labute approximate surface area is 120 Å². The summed E-state index contributed by atoms with van der Waals surface area (Å²) in [6.45, 7) is 1.63. The summed E-state index contributed by atoms with van der Waals surface area (Å²) in [6.07, 6.45) is 6.62. The Morgan fingerprint density at radius 2 is 1.89 bits per heavy atom. The highest BCUT2D eigenvalue weighted by Crippen LogP contribution is 2.19. The molecule has 102 valence electrons. The molecule has 0 bridgehead atoms. The van der Waals surface area contributed by atoms with Gasteiger partial charge in [0, 0.05) is 37.6 Å². The maximum absolute atomic E-state index is 11.7. The third-order valence-corrected chi connectivity index (χ3v) is 3.74. The number of hydrogen-bond acceptors (Lipinski definition) is 4. The van der Waals surface area contributed by atoms with Gasteiger partial charge >= 0.3 is 6.03 Å². The average Bonchev–Trinajstić information content (AvgIpc) is 3.07. The van der Waals surface area contributed by atoms with E-state index in [0.29, 0.717) is 6.04 Å². The van der Waals surface area contributed by atoms with Crippen molar-refractivity contribution < 1.29 is 4.79 Å². The molecule has 6 nitrogen and oxygen atoms in total. The number of amides is 2. The molecule has 2 amide bonds. The molecule has 19 heavy (non-hydrogen) atoms. The van der Waals surface area contributed by atoms with E-state index in [9.17, 15) is 4.79 Å². The lowest BCUT2D eigenvalue weighted by Crippen LogP contribution is -2.44. The largest absolute Gasteiger partial charge is 0.339 e. The smallest absolute Gasteiger partial charge is 0.315 e. The minimum absolute atomic E-state index is 0.0499. The van der Waals surface area contributed by atoms with Crippen LogP contribution in [0.15, 0.2) is 16.9 Å². The van der Waals surface area contributed by atoms with Crippen LogP contribution in [-0.4, -0.2) is 41.2 Å². The van der Waals surface area contributed by atoms with E-state index in [1.165, 1.54) is 0 Å². The molecule has 2 heterocycles. The standard InChI is InChI=1S/C12H16BrN5O/c13-8-5-14-11(15-6-8)18-4-3-10(7-18)17-12(19)16-9-1-2-9/h5-6,9-10H,1-4,7H2,(H2,16,17,19). The monoisotopic (exact) mass is 325 g/mol. The van der Waals surface area contributed by atoms with E-state index < -0.39 is 0 Å². The lowest BCUT2D eigenvalue weighted by atomic mass is 10.3. The van der Waals surface area contributed by atoms with Gasteiger partial charge in [-0.1, -0.05) is 0 Å². The van der Waals surface area contributed by atoms with E-state index in [2.05, 4.69) is 41.4 Å². The first-order valence-corrected chi connectivity index (χ1v) is 7.29. The molecular weight excluding hydrogens is 310 g/mol. The van der Waals surface area contributed by atoms with Gasteiger partial charge in [-0.3, -0.25) is 0 Å². The van der Waals surface area contributed by atoms with E-state index in [0.717, 1.165) is 42.8 Å². The number of carbonyl (C=O) groups excluding carboxylic acids is 1. The van der Waals surface area contributed by atoms with Crippen LogP contribution in [0.25, 0.3) is 0 Å². The zero-order valence-corrected chi connectivity index (χ0v) is 12.1. The zero-order valence-electron chi connectivity index (χ0n) is 10.5. The second-order valence-electron chi connectivity index (χ2n) is 5.02. The third kappa shape index (κ3) is 3.34. The predicted octanol–water partition coefficient (Wildman–Crippen LogP) is 1.28. The Balaban J connectivity index is 1.51. The van der Waals surface area contributed by atoms with Crippen molar-refractivity contribution >= 4 is 27.9 Å². The molecule has 2 N–H and O–H groups in total. The van der Waals surface area contributed by atoms with Crippen LogP contribution in [0.4, 0.5) is 10.7 Å². The molecule has 2 aliphatic rings. The van der Waals surface area contributed by atoms with Gasteiger partial charge in [-0.25, -0.2) is 14.8 Å². The lowest BCUT2D eigenvalue weighted by molar-refractivity contribution is 0.237. The second-order valence-corrected chi connectivity index (χ2v) is 5.94. The molecule has 3 rings (SSSR count). The number of carbonyl (C=O) groups is 1. The van der Waals surface area contributed by atoms with Gasteiger partial charge in [-0.05, 0) is 35.2 Å². The van der Waals surface area contributed by atoms with Gasteiger partial charge in [0.25, 0.3) is 0 Å². The fraction of sp³-hybridized carbons (Fsp3) is 0.583. The molecule has 1 aliphatic heterocycles. The predicted molar refractivity (Wildman–Crippen MR) is 75.0 cm³/mol. The number of aromatic nitrogens is 2.